The second-order valence-corrected chi connectivity index (χ2v) is 6.03. The SMILES string of the molecule is CC1CCC(N(C)C(=O)C2CCC(O)C2)CC1. The molecule has 1 amide bonds. The van der Waals surface area contributed by atoms with Crippen LogP contribution in [0.4, 0.5) is 0 Å². The van der Waals surface area contributed by atoms with E-state index in [4.69, 9.17) is 0 Å². The van der Waals surface area contributed by atoms with Crippen LogP contribution >= 0.6 is 0 Å². The monoisotopic (exact) mass is 239 g/mol. The second kappa shape index (κ2) is 5.38. The maximum Gasteiger partial charge on any atom is 0.225 e. The fraction of sp³-hybridized carbons (Fsp3) is 0.929. The smallest absolute Gasteiger partial charge is 0.225 e. The Bertz CT molecular complexity index is 271. The molecular weight excluding hydrogens is 214 g/mol. The Balaban J connectivity index is 1.86. The minimum atomic E-state index is -0.247. The zero-order valence-corrected chi connectivity index (χ0v) is 11.1. The molecule has 0 aliphatic heterocycles. The predicted molar refractivity (Wildman–Crippen MR) is 67.5 cm³/mol. The maximum atomic E-state index is 12.3. The van der Waals surface area contributed by atoms with Gasteiger partial charge in [-0.05, 0) is 50.9 Å². The van der Waals surface area contributed by atoms with Crippen LogP contribution in [0, 0.1) is 11.8 Å². The molecule has 0 radical (unpaired) electrons. The third-order valence-electron chi connectivity index (χ3n) is 4.63. The average Bonchev–Trinajstić information content (AvgIpc) is 2.75. The Labute approximate surface area is 104 Å². The molecule has 2 saturated carbocycles. The van der Waals surface area contributed by atoms with Crippen LogP contribution in [0.2, 0.25) is 0 Å². The van der Waals surface area contributed by atoms with Gasteiger partial charge in [-0.2, -0.15) is 0 Å². The number of amides is 1. The van der Waals surface area contributed by atoms with Crippen LogP contribution in [-0.2, 0) is 4.79 Å². The van der Waals surface area contributed by atoms with Gasteiger partial charge in [0.2, 0.25) is 5.91 Å². The molecule has 0 aromatic rings. The van der Waals surface area contributed by atoms with Crippen LogP contribution in [-0.4, -0.2) is 35.1 Å². The lowest BCUT2D eigenvalue weighted by Gasteiger charge is -2.35. The number of aliphatic hydroxyl groups excluding tert-OH is 1. The van der Waals surface area contributed by atoms with Crippen molar-refractivity contribution >= 4 is 5.91 Å². The van der Waals surface area contributed by atoms with Gasteiger partial charge in [-0.25, -0.2) is 0 Å². The van der Waals surface area contributed by atoms with Crippen molar-refractivity contribution in [2.24, 2.45) is 11.8 Å². The first kappa shape index (κ1) is 12.9. The summed E-state index contributed by atoms with van der Waals surface area (Å²) in [4.78, 5) is 14.3. The lowest BCUT2D eigenvalue weighted by molar-refractivity contribution is -0.137. The van der Waals surface area contributed by atoms with E-state index in [-0.39, 0.29) is 17.9 Å². The van der Waals surface area contributed by atoms with Crippen LogP contribution in [0.25, 0.3) is 0 Å². The first-order chi connectivity index (χ1) is 8.08. The Morgan fingerprint density at radius 3 is 2.29 bits per heavy atom. The van der Waals surface area contributed by atoms with E-state index >= 15 is 0 Å². The summed E-state index contributed by atoms with van der Waals surface area (Å²) in [5.74, 6) is 1.17. The van der Waals surface area contributed by atoms with Crippen molar-refractivity contribution in [2.45, 2.75) is 64.0 Å². The maximum absolute atomic E-state index is 12.3. The third kappa shape index (κ3) is 3.01. The third-order valence-corrected chi connectivity index (χ3v) is 4.63. The normalized spacial score (nSPS) is 38.1. The molecule has 2 aliphatic rings. The molecule has 17 heavy (non-hydrogen) atoms. The van der Waals surface area contributed by atoms with Gasteiger partial charge >= 0.3 is 0 Å². The van der Waals surface area contributed by atoms with Crippen molar-refractivity contribution in [1.29, 1.82) is 0 Å². The number of carbonyl (C=O) groups excluding carboxylic acids is 1. The van der Waals surface area contributed by atoms with E-state index in [2.05, 4.69) is 6.92 Å². The van der Waals surface area contributed by atoms with E-state index in [9.17, 15) is 9.90 Å². The summed E-state index contributed by atoms with van der Waals surface area (Å²) in [6.45, 7) is 2.30. The first-order valence-corrected chi connectivity index (χ1v) is 7.02. The van der Waals surface area contributed by atoms with Gasteiger partial charge in [0.25, 0.3) is 0 Å². The molecule has 98 valence electrons. The number of rotatable bonds is 2. The van der Waals surface area contributed by atoms with Gasteiger partial charge in [-0.15, -0.1) is 0 Å². The molecule has 0 spiro atoms. The highest BCUT2D eigenvalue weighted by molar-refractivity contribution is 5.79. The lowest BCUT2D eigenvalue weighted by atomic mass is 9.86. The van der Waals surface area contributed by atoms with Crippen molar-refractivity contribution in [2.75, 3.05) is 7.05 Å². The number of nitrogens with zero attached hydrogens (tertiary/aromatic N) is 1. The number of hydrogen-bond acceptors (Lipinski definition) is 2. The summed E-state index contributed by atoms with van der Waals surface area (Å²) in [7, 11) is 1.95. The van der Waals surface area contributed by atoms with Crippen LogP contribution in [0.5, 0.6) is 0 Å². The number of hydrogen-bond donors (Lipinski definition) is 1. The van der Waals surface area contributed by atoms with E-state index in [0.717, 1.165) is 31.6 Å². The van der Waals surface area contributed by atoms with Crippen molar-refractivity contribution in [3.05, 3.63) is 0 Å². The van der Waals surface area contributed by atoms with Crippen LogP contribution in [0.3, 0.4) is 0 Å². The van der Waals surface area contributed by atoms with Crippen LogP contribution in [0.15, 0.2) is 0 Å². The van der Waals surface area contributed by atoms with E-state index in [1.54, 1.807) is 0 Å². The minimum absolute atomic E-state index is 0.0781. The fourth-order valence-corrected chi connectivity index (χ4v) is 3.28. The van der Waals surface area contributed by atoms with Gasteiger partial charge in [0, 0.05) is 19.0 Å². The van der Waals surface area contributed by atoms with Crippen molar-refractivity contribution in [3.8, 4) is 0 Å². The van der Waals surface area contributed by atoms with E-state index in [1.165, 1.54) is 12.8 Å². The summed E-state index contributed by atoms with van der Waals surface area (Å²) in [5.41, 5.74) is 0. The fourth-order valence-electron chi connectivity index (χ4n) is 3.28. The first-order valence-electron chi connectivity index (χ1n) is 7.02. The molecular formula is C14H25NO2. The largest absolute Gasteiger partial charge is 0.393 e. The van der Waals surface area contributed by atoms with Crippen molar-refractivity contribution in [1.82, 2.24) is 4.90 Å². The molecule has 0 saturated heterocycles. The van der Waals surface area contributed by atoms with Crippen molar-refractivity contribution in [3.63, 3.8) is 0 Å². The molecule has 0 bridgehead atoms. The summed E-state index contributed by atoms with van der Waals surface area (Å²) in [5, 5.41) is 9.50. The van der Waals surface area contributed by atoms with Crippen molar-refractivity contribution < 1.29 is 9.90 Å². The molecule has 1 N–H and O–H groups in total. The molecule has 0 heterocycles. The molecule has 0 aromatic carbocycles. The van der Waals surface area contributed by atoms with Crippen LogP contribution in [0.1, 0.15) is 51.9 Å². The number of aliphatic hydroxyl groups is 1. The molecule has 2 aliphatic carbocycles. The Hall–Kier alpha value is -0.570. The lowest BCUT2D eigenvalue weighted by Crippen LogP contribution is -2.42. The van der Waals surface area contributed by atoms with E-state index in [1.807, 2.05) is 11.9 Å². The summed E-state index contributed by atoms with van der Waals surface area (Å²) in [6, 6.07) is 0.441. The van der Waals surface area contributed by atoms with E-state index < -0.39 is 0 Å². The second-order valence-electron chi connectivity index (χ2n) is 6.03. The summed E-state index contributed by atoms with van der Waals surface area (Å²) >= 11 is 0. The summed E-state index contributed by atoms with van der Waals surface area (Å²) in [6.07, 6.45) is 6.89. The van der Waals surface area contributed by atoms with Gasteiger partial charge in [0.1, 0.15) is 0 Å². The molecule has 2 fully saturated rings. The van der Waals surface area contributed by atoms with Crippen LogP contribution < -0.4 is 0 Å². The Morgan fingerprint density at radius 2 is 1.76 bits per heavy atom. The van der Waals surface area contributed by atoms with E-state index in [0.29, 0.717) is 12.5 Å². The van der Waals surface area contributed by atoms with Gasteiger partial charge in [-0.3, -0.25) is 4.79 Å². The quantitative estimate of drug-likeness (QED) is 0.802. The van der Waals surface area contributed by atoms with Gasteiger partial charge < -0.3 is 10.0 Å². The highest BCUT2D eigenvalue weighted by Crippen LogP contribution is 2.31. The zero-order chi connectivity index (χ0) is 12.4. The highest BCUT2D eigenvalue weighted by Gasteiger charge is 2.33. The Kier molecular flexibility index (Phi) is 4.08. The van der Waals surface area contributed by atoms with Gasteiger partial charge in [0.05, 0.1) is 6.10 Å². The minimum Gasteiger partial charge on any atom is -0.393 e. The molecule has 3 nitrogen and oxygen atoms in total. The summed E-state index contributed by atoms with van der Waals surface area (Å²) < 4.78 is 0. The molecule has 2 atom stereocenters. The highest BCUT2D eigenvalue weighted by atomic mass is 16.3. The number of carbonyl (C=O) groups is 1. The topological polar surface area (TPSA) is 40.5 Å². The van der Waals surface area contributed by atoms with Gasteiger partial charge in [0.15, 0.2) is 0 Å². The van der Waals surface area contributed by atoms with Gasteiger partial charge in [-0.1, -0.05) is 6.92 Å². The Morgan fingerprint density at radius 1 is 1.12 bits per heavy atom. The zero-order valence-electron chi connectivity index (χ0n) is 11.1. The molecule has 0 aromatic heterocycles. The molecule has 2 rings (SSSR count). The molecule has 3 heteroatoms. The predicted octanol–water partition coefficient (Wildman–Crippen LogP) is 2.18. The standard InChI is InChI=1S/C14H25NO2/c1-10-3-6-12(7-4-10)15(2)14(17)11-5-8-13(16)9-11/h10-13,16H,3-9H2,1-2H3. The molecule has 2 unspecified atom stereocenters. The average molecular weight is 239 g/mol.